The summed E-state index contributed by atoms with van der Waals surface area (Å²) in [6.45, 7) is 8.21. The van der Waals surface area contributed by atoms with E-state index in [0.717, 1.165) is 17.5 Å². The second-order valence-corrected chi connectivity index (χ2v) is 8.81. The lowest BCUT2D eigenvalue weighted by atomic mass is 9.93. The fourth-order valence-corrected chi connectivity index (χ4v) is 4.58. The summed E-state index contributed by atoms with van der Waals surface area (Å²) in [4.78, 5) is 30.6. The van der Waals surface area contributed by atoms with E-state index in [1.807, 2.05) is 44.0 Å². The smallest absolute Gasteiger partial charge is 0.243 e. The van der Waals surface area contributed by atoms with Gasteiger partial charge in [-0.25, -0.2) is 4.39 Å². The van der Waals surface area contributed by atoms with Gasteiger partial charge in [0.15, 0.2) is 0 Å². The largest absolute Gasteiger partial charge is 0.331 e. The van der Waals surface area contributed by atoms with Crippen molar-refractivity contribution in [2.75, 3.05) is 13.1 Å². The summed E-state index contributed by atoms with van der Waals surface area (Å²) in [6.07, 6.45) is 0.802. The predicted molar refractivity (Wildman–Crippen MR) is 110 cm³/mol. The lowest BCUT2D eigenvalue weighted by Crippen LogP contribution is -2.49. The molecule has 2 aromatic rings. The van der Waals surface area contributed by atoms with Gasteiger partial charge in [-0.05, 0) is 55.0 Å². The van der Waals surface area contributed by atoms with E-state index in [1.54, 1.807) is 28.4 Å². The molecule has 150 valence electrons. The molecule has 0 radical (unpaired) electrons. The van der Waals surface area contributed by atoms with Crippen LogP contribution in [0.5, 0.6) is 0 Å². The first-order chi connectivity index (χ1) is 13.3. The number of halogens is 1. The van der Waals surface area contributed by atoms with Crippen LogP contribution in [0.2, 0.25) is 0 Å². The third-order valence-corrected chi connectivity index (χ3v) is 6.17. The summed E-state index contributed by atoms with van der Waals surface area (Å²) in [5, 5.41) is 2.04. The molecule has 0 saturated carbocycles. The average molecular weight is 403 g/mol. The van der Waals surface area contributed by atoms with Crippen LogP contribution < -0.4 is 0 Å². The summed E-state index contributed by atoms with van der Waals surface area (Å²) < 4.78 is 13.4. The molecule has 0 saturated heterocycles. The highest BCUT2D eigenvalue weighted by Crippen LogP contribution is 2.38. The number of carbonyl (C=O) groups excluding carboxylic acids is 2. The normalized spacial score (nSPS) is 16.4. The lowest BCUT2D eigenvalue weighted by Gasteiger charge is -2.38. The molecule has 6 heteroatoms. The summed E-state index contributed by atoms with van der Waals surface area (Å²) in [6, 6.07) is 8.10. The standard InChI is InChI=1S/C22H27FN2O2S/c1-14(2)22(27)25(15(3)4)13-20(26)24-11-9-19-18(10-12-28-19)21(24)16-5-7-17(23)8-6-16/h5-8,10,12,14-15,21H,9,11,13H2,1-4H3. The van der Waals surface area contributed by atoms with Gasteiger partial charge in [0.1, 0.15) is 12.4 Å². The van der Waals surface area contributed by atoms with Gasteiger partial charge in [0.05, 0.1) is 6.04 Å². The average Bonchev–Trinajstić information content (AvgIpc) is 3.13. The van der Waals surface area contributed by atoms with Crippen LogP contribution in [-0.4, -0.2) is 40.7 Å². The van der Waals surface area contributed by atoms with Crippen LogP contribution in [0.15, 0.2) is 35.7 Å². The van der Waals surface area contributed by atoms with Crippen LogP contribution in [0.25, 0.3) is 0 Å². The van der Waals surface area contributed by atoms with E-state index in [2.05, 4.69) is 0 Å². The minimum Gasteiger partial charge on any atom is -0.331 e. The lowest BCUT2D eigenvalue weighted by molar-refractivity contribution is -0.145. The van der Waals surface area contributed by atoms with Gasteiger partial charge in [-0.1, -0.05) is 26.0 Å². The van der Waals surface area contributed by atoms with Crippen molar-refractivity contribution in [3.8, 4) is 0 Å². The first kappa shape index (κ1) is 20.5. The van der Waals surface area contributed by atoms with Crippen molar-refractivity contribution in [2.24, 2.45) is 5.92 Å². The molecule has 1 aromatic carbocycles. The van der Waals surface area contributed by atoms with E-state index in [9.17, 15) is 14.0 Å². The minimum absolute atomic E-state index is 0.0186. The topological polar surface area (TPSA) is 40.6 Å². The Bertz CT molecular complexity index is 844. The number of hydrogen-bond acceptors (Lipinski definition) is 3. The van der Waals surface area contributed by atoms with Gasteiger partial charge >= 0.3 is 0 Å². The van der Waals surface area contributed by atoms with Gasteiger partial charge in [-0.2, -0.15) is 0 Å². The first-order valence-electron chi connectivity index (χ1n) is 9.71. The molecule has 0 N–H and O–H groups in total. The van der Waals surface area contributed by atoms with Crippen molar-refractivity contribution >= 4 is 23.2 Å². The predicted octanol–water partition coefficient (Wildman–Crippen LogP) is 4.25. The van der Waals surface area contributed by atoms with Crippen LogP contribution in [0.3, 0.4) is 0 Å². The molecular weight excluding hydrogens is 375 g/mol. The zero-order chi connectivity index (χ0) is 20.4. The van der Waals surface area contributed by atoms with Gasteiger partial charge in [0.2, 0.25) is 11.8 Å². The maximum atomic E-state index is 13.4. The molecule has 4 nitrogen and oxygen atoms in total. The van der Waals surface area contributed by atoms with Crippen molar-refractivity contribution in [3.63, 3.8) is 0 Å². The van der Waals surface area contributed by atoms with Crippen LogP contribution in [0, 0.1) is 11.7 Å². The number of benzene rings is 1. The molecule has 1 aliphatic heterocycles. The Morgan fingerprint density at radius 2 is 1.86 bits per heavy atom. The Kier molecular flexibility index (Phi) is 6.18. The van der Waals surface area contributed by atoms with Crippen LogP contribution in [0.4, 0.5) is 4.39 Å². The van der Waals surface area contributed by atoms with Crippen LogP contribution >= 0.6 is 11.3 Å². The Labute approximate surface area is 170 Å². The molecule has 28 heavy (non-hydrogen) atoms. The third-order valence-electron chi connectivity index (χ3n) is 5.18. The molecule has 0 bridgehead atoms. The zero-order valence-electron chi connectivity index (χ0n) is 16.8. The highest BCUT2D eigenvalue weighted by Gasteiger charge is 2.34. The quantitative estimate of drug-likeness (QED) is 0.750. The van der Waals surface area contributed by atoms with E-state index in [1.165, 1.54) is 17.0 Å². The number of carbonyl (C=O) groups is 2. The molecule has 3 rings (SSSR count). The number of thiophene rings is 1. The molecule has 0 spiro atoms. The molecule has 0 fully saturated rings. The SMILES string of the molecule is CC(C)C(=O)N(CC(=O)N1CCc2sccc2C1c1ccc(F)cc1)C(C)C. The summed E-state index contributed by atoms with van der Waals surface area (Å²) in [5.74, 6) is -0.548. The summed E-state index contributed by atoms with van der Waals surface area (Å²) in [5.41, 5.74) is 1.99. The van der Waals surface area contributed by atoms with E-state index in [4.69, 9.17) is 0 Å². The fourth-order valence-electron chi connectivity index (χ4n) is 3.67. The zero-order valence-corrected chi connectivity index (χ0v) is 17.6. The summed E-state index contributed by atoms with van der Waals surface area (Å²) in [7, 11) is 0. The monoisotopic (exact) mass is 402 g/mol. The van der Waals surface area contributed by atoms with E-state index >= 15 is 0 Å². The second kappa shape index (κ2) is 8.43. The van der Waals surface area contributed by atoms with Gasteiger partial charge in [0, 0.05) is 23.4 Å². The Morgan fingerprint density at radius 3 is 2.46 bits per heavy atom. The fraction of sp³-hybridized carbons (Fsp3) is 0.455. The minimum atomic E-state index is -0.295. The van der Waals surface area contributed by atoms with Crippen LogP contribution in [-0.2, 0) is 16.0 Å². The van der Waals surface area contributed by atoms with Crippen molar-refractivity contribution in [1.29, 1.82) is 0 Å². The van der Waals surface area contributed by atoms with E-state index < -0.39 is 0 Å². The van der Waals surface area contributed by atoms with Gasteiger partial charge < -0.3 is 9.80 Å². The number of hydrogen-bond donors (Lipinski definition) is 0. The molecule has 0 aliphatic carbocycles. The van der Waals surface area contributed by atoms with Crippen molar-refractivity contribution in [3.05, 3.63) is 57.5 Å². The van der Waals surface area contributed by atoms with Crippen molar-refractivity contribution in [1.82, 2.24) is 9.80 Å². The van der Waals surface area contributed by atoms with Crippen LogP contribution in [0.1, 0.15) is 49.7 Å². The van der Waals surface area contributed by atoms with Gasteiger partial charge in [0.25, 0.3) is 0 Å². The number of rotatable bonds is 5. The molecule has 1 aliphatic rings. The van der Waals surface area contributed by atoms with Crippen molar-refractivity contribution < 1.29 is 14.0 Å². The first-order valence-corrected chi connectivity index (χ1v) is 10.6. The van der Waals surface area contributed by atoms with E-state index in [-0.39, 0.29) is 42.2 Å². The molecular formula is C22H27FN2O2S. The highest BCUT2D eigenvalue weighted by molar-refractivity contribution is 7.10. The number of nitrogens with zero attached hydrogens (tertiary/aromatic N) is 2. The molecule has 2 amide bonds. The number of fused-ring (bicyclic) bond motifs is 1. The Balaban J connectivity index is 1.91. The molecule has 1 unspecified atom stereocenters. The maximum Gasteiger partial charge on any atom is 0.243 e. The van der Waals surface area contributed by atoms with E-state index in [0.29, 0.717) is 6.54 Å². The highest BCUT2D eigenvalue weighted by atomic mass is 32.1. The Morgan fingerprint density at radius 1 is 1.18 bits per heavy atom. The van der Waals surface area contributed by atoms with Crippen molar-refractivity contribution in [2.45, 2.75) is 46.2 Å². The maximum absolute atomic E-state index is 13.4. The molecule has 2 heterocycles. The third kappa shape index (κ3) is 4.12. The molecule has 1 aromatic heterocycles. The molecule has 1 atom stereocenters. The van der Waals surface area contributed by atoms with Gasteiger partial charge in [-0.3, -0.25) is 9.59 Å². The number of amides is 2. The van der Waals surface area contributed by atoms with Gasteiger partial charge in [-0.15, -0.1) is 11.3 Å². The summed E-state index contributed by atoms with van der Waals surface area (Å²) >= 11 is 1.69. The Hall–Kier alpha value is -2.21. The second-order valence-electron chi connectivity index (χ2n) is 7.80.